The van der Waals surface area contributed by atoms with E-state index in [0.29, 0.717) is 11.3 Å². The van der Waals surface area contributed by atoms with Crippen molar-refractivity contribution in [2.24, 2.45) is 4.99 Å². The van der Waals surface area contributed by atoms with Crippen molar-refractivity contribution >= 4 is 17.7 Å². The fraction of sp³-hybridized carbons (Fsp3) is 0.467. The Morgan fingerprint density at radius 1 is 1.26 bits per heavy atom. The molecule has 0 spiro atoms. The topological polar surface area (TPSA) is 49.7 Å². The lowest BCUT2D eigenvalue weighted by Gasteiger charge is -2.39. The van der Waals surface area contributed by atoms with Gasteiger partial charge in [-0.1, -0.05) is 12.1 Å². The molecule has 0 saturated carbocycles. The first-order valence-corrected chi connectivity index (χ1v) is 6.64. The standard InChI is InChI=1S/C15H18N2O2/c1-11-6-5-7-12(2)17(11)15(19)13-8-3-4-9-14(13)16-10-18/h3-4,8-9,11-12H,5-7H2,1-2H3. The smallest absolute Gasteiger partial charge is 0.256 e. The number of piperidine rings is 1. The van der Waals surface area contributed by atoms with Crippen LogP contribution in [0.15, 0.2) is 29.3 Å². The molecule has 100 valence electrons. The Hall–Kier alpha value is -1.93. The van der Waals surface area contributed by atoms with Gasteiger partial charge < -0.3 is 4.90 Å². The maximum Gasteiger partial charge on any atom is 0.256 e. The molecule has 1 saturated heterocycles. The number of amides is 1. The van der Waals surface area contributed by atoms with Gasteiger partial charge in [-0.25, -0.2) is 4.79 Å². The molecular formula is C15H18N2O2. The van der Waals surface area contributed by atoms with Crippen LogP contribution in [0, 0.1) is 0 Å². The van der Waals surface area contributed by atoms with Gasteiger partial charge in [-0.2, -0.15) is 4.99 Å². The number of rotatable bonds is 2. The van der Waals surface area contributed by atoms with Crippen LogP contribution in [0.2, 0.25) is 0 Å². The largest absolute Gasteiger partial charge is 0.333 e. The summed E-state index contributed by atoms with van der Waals surface area (Å²) in [7, 11) is 0. The van der Waals surface area contributed by atoms with Gasteiger partial charge in [0.25, 0.3) is 5.91 Å². The summed E-state index contributed by atoms with van der Waals surface area (Å²) >= 11 is 0. The number of nitrogens with zero attached hydrogens (tertiary/aromatic N) is 2. The van der Waals surface area contributed by atoms with E-state index in [0.717, 1.165) is 19.3 Å². The quantitative estimate of drug-likeness (QED) is 0.604. The Balaban J connectivity index is 2.35. The minimum absolute atomic E-state index is 0.0469. The highest BCUT2D eigenvalue weighted by Crippen LogP contribution is 2.27. The molecule has 2 rings (SSSR count). The van der Waals surface area contributed by atoms with Gasteiger partial charge in [-0.15, -0.1) is 0 Å². The van der Waals surface area contributed by atoms with Crippen molar-refractivity contribution in [1.82, 2.24) is 4.90 Å². The van der Waals surface area contributed by atoms with Crippen LogP contribution in [0.3, 0.4) is 0 Å². The van der Waals surface area contributed by atoms with Crippen molar-refractivity contribution in [3.05, 3.63) is 29.8 Å². The molecule has 1 heterocycles. The van der Waals surface area contributed by atoms with Gasteiger partial charge in [0, 0.05) is 12.1 Å². The van der Waals surface area contributed by atoms with Gasteiger partial charge in [0.1, 0.15) is 0 Å². The SMILES string of the molecule is CC1CCCC(C)N1C(=O)c1ccccc1N=C=O. The summed E-state index contributed by atoms with van der Waals surface area (Å²) < 4.78 is 0. The second kappa shape index (κ2) is 5.81. The highest BCUT2D eigenvalue weighted by molar-refractivity contribution is 5.99. The number of para-hydroxylation sites is 1. The summed E-state index contributed by atoms with van der Waals surface area (Å²) in [5.74, 6) is -0.0469. The lowest BCUT2D eigenvalue weighted by Crippen LogP contribution is -2.47. The lowest BCUT2D eigenvalue weighted by molar-refractivity contribution is 0.0511. The highest BCUT2D eigenvalue weighted by Gasteiger charge is 2.30. The summed E-state index contributed by atoms with van der Waals surface area (Å²) in [5.41, 5.74) is 0.874. The monoisotopic (exact) mass is 258 g/mol. The summed E-state index contributed by atoms with van der Waals surface area (Å²) in [4.78, 5) is 28.6. The van der Waals surface area contributed by atoms with Crippen molar-refractivity contribution in [1.29, 1.82) is 0 Å². The number of isocyanates is 1. The van der Waals surface area contributed by atoms with Crippen molar-refractivity contribution in [2.75, 3.05) is 0 Å². The number of hydrogen-bond acceptors (Lipinski definition) is 3. The zero-order valence-electron chi connectivity index (χ0n) is 11.3. The van der Waals surface area contributed by atoms with Crippen LogP contribution in [-0.2, 0) is 4.79 Å². The maximum absolute atomic E-state index is 12.7. The summed E-state index contributed by atoms with van der Waals surface area (Å²) in [5, 5.41) is 0. The van der Waals surface area contributed by atoms with Gasteiger partial charge in [-0.3, -0.25) is 4.79 Å². The maximum atomic E-state index is 12.7. The molecule has 1 amide bonds. The number of carbonyl (C=O) groups is 1. The molecule has 19 heavy (non-hydrogen) atoms. The van der Waals surface area contributed by atoms with Gasteiger partial charge >= 0.3 is 0 Å². The first-order chi connectivity index (χ1) is 9.15. The van der Waals surface area contributed by atoms with E-state index in [1.165, 1.54) is 6.08 Å². The summed E-state index contributed by atoms with van der Waals surface area (Å²) in [6.07, 6.45) is 4.71. The van der Waals surface area contributed by atoms with Crippen molar-refractivity contribution < 1.29 is 9.59 Å². The Bertz CT molecular complexity index is 511. The minimum Gasteiger partial charge on any atom is -0.333 e. The highest BCUT2D eigenvalue weighted by atomic mass is 16.2. The second-order valence-corrected chi connectivity index (χ2v) is 5.06. The molecule has 4 heteroatoms. The molecule has 1 aromatic carbocycles. The Kier molecular flexibility index (Phi) is 4.13. The van der Waals surface area contributed by atoms with E-state index in [-0.39, 0.29) is 18.0 Å². The third kappa shape index (κ3) is 2.74. The van der Waals surface area contributed by atoms with Crippen LogP contribution in [0.1, 0.15) is 43.5 Å². The summed E-state index contributed by atoms with van der Waals surface area (Å²) in [6, 6.07) is 7.38. The Morgan fingerprint density at radius 2 is 1.89 bits per heavy atom. The zero-order valence-corrected chi connectivity index (χ0v) is 11.3. The molecule has 1 aliphatic heterocycles. The van der Waals surface area contributed by atoms with Crippen LogP contribution < -0.4 is 0 Å². The number of likely N-dealkylation sites (tertiary alicyclic amines) is 1. The van der Waals surface area contributed by atoms with E-state index >= 15 is 0 Å². The Morgan fingerprint density at radius 3 is 2.53 bits per heavy atom. The van der Waals surface area contributed by atoms with Crippen molar-refractivity contribution in [2.45, 2.75) is 45.2 Å². The molecule has 0 radical (unpaired) electrons. The second-order valence-electron chi connectivity index (χ2n) is 5.06. The van der Waals surface area contributed by atoms with Crippen LogP contribution >= 0.6 is 0 Å². The first kappa shape index (κ1) is 13.5. The van der Waals surface area contributed by atoms with Gasteiger partial charge in [0.05, 0.1) is 11.3 Å². The van der Waals surface area contributed by atoms with Crippen molar-refractivity contribution in [3.63, 3.8) is 0 Å². The van der Waals surface area contributed by atoms with Crippen LogP contribution in [-0.4, -0.2) is 29.0 Å². The Labute approximate surface area is 113 Å². The fourth-order valence-electron chi connectivity index (χ4n) is 2.76. The number of aliphatic imine (C=N–C) groups is 1. The normalized spacial score (nSPS) is 22.7. The van der Waals surface area contributed by atoms with Gasteiger partial charge in [0.15, 0.2) is 0 Å². The average molecular weight is 258 g/mol. The number of hydrogen-bond donors (Lipinski definition) is 0. The fourth-order valence-corrected chi connectivity index (χ4v) is 2.76. The van der Waals surface area contributed by atoms with Crippen LogP contribution in [0.25, 0.3) is 0 Å². The molecule has 0 bridgehead atoms. The van der Waals surface area contributed by atoms with Crippen LogP contribution in [0.5, 0.6) is 0 Å². The van der Waals surface area contributed by atoms with E-state index < -0.39 is 0 Å². The molecule has 1 fully saturated rings. The number of carbonyl (C=O) groups excluding carboxylic acids is 2. The predicted molar refractivity (Wildman–Crippen MR) is 73.2 cm³/mol. The van der Waals surface area contributed by atoms with E-state index in [9.17, 15) is 9.59 Å². The molecule has 1 aromatic rings. The molecule has 0 aliphatic carbocycles. The molecule has 0 N–H and O–H groups in total. The van der Waals surface area contributed by atoms with Gasteiger partial charge in [0.2, 0.25) is 6.08 Å². The molecule has 1 aliphatic rings. The van der Waals surface area contributed by atoms with E-state index in [1.54, 1.807) is 24.3 Å². The zero-order chi connectivity index (χ0) is 13.8. The summed E-state index contributed by atoms with van der Waals surface area (Å²) in [6.45, 7) is 4.14. The lowest BCUT2D eigenvalue weighted by atomic mass is 9.96. The predicted octanol–water partition coefficient (Wildman–Crippen LogP) is 3.06. The molecule has 2 atom stereocenters. The van der Waals surface area contributed by atoms with Crippen LogP contribution in [0.4, 0.5) is 5.69 Å². The molecule has 0 aromatic heterocycles. The van der Waals surface area contributed by atoms with E-state index in [1.807, 2.05) is 4.90 Å². The van der Waals surface area contributed by atoms with Gasteiger partial charge in [-0.05, 0) is 45.2 Å². The van der Waals surface area contributed by atoms with E-state index in [2.05, 4.69) is 18.8 Å². The number of benzene rings is 1. The van der Waals surface area contributed by atoms with Crippen molar-refractivity contribution in [3.8, 4) is 0 Å². The molecule has 4 nitrogen and oxygen atoms in total. The minimum atomic E-state index is -0.0469. The third-order valence-electron chi connectivity index (χ3n) is 3.73. The molecular weight excluding hydrogens is 240 g/mol. The average Bonchev–Trinajstić information content (AvgIpc) is 2.39. The van der Waals surface area contributed by atoms with E-state index in [4.69, 9.17) is 0 Å². The molecule has 2 unspecified atom stereocenters. The first-order valence-electron chi connectivity index (χ1n) is 6.64. The third-order valence-corrected chi connectivity index (χ3v) is 3.73.